The van der Waals surface area contributed by atoms with Crippen LogP contribution >= 0.6 is 0 Å². The van der Waals surface area contributed by atoms with Gasteiger partial charge in [0.15, 0.2) is 11.5 Å². The fourth-order valence-corrected chi connectivity index (χ4v) is 3.79. The number of ether oxygens (including phenoxy) is 2. The van der Waals surface area contributed by atoms with Crippen LogP contribution in [0.25, 0.3) is 5.57 Å². The number of hydrogen-bond donors (Lipinski definition) is 1. The number of aryl methyl sites for hydroxylation is 1. The minimum Gasteiger partial charge on any atom is -0.490 e. The van der Waals surface area contributed by atoms with E-state index in [-0.39, 0.29) is 11.6 Å². The highest BCUT2D eigenvalue weighted by atomic mass is 16.5. The SMILES string of the molecule is CCOc1ccc(NC2=C(c3ccccc3)C(=O)N(c3cccc(C)c3)C2=O)cc1OCC. The lowest BCUT2D eigenvalue weighted by atomic mass is 10.0. The quantitative estimate of drug-likeness (QED) is 0.487. The van der Waals surface area contributed by atoms with Crippen LogP contribution in [0.5, 0.6) is 11.5 Å². The number of nitrogens with zero attached hydrogens (tertiary/aromatic N) is 1. The van der Waals surface area contributed by atoms with Gasteiger partial charge in [0, 0.05) is 11.8 Å². The molecule has 0 saturated heterocycles. The molecule has 0 unspecified atom stereocenters. The summed E-state index contributed by atoms with van der Waals surface area (Å²) in [5.41, 5.74) is 3.34. The summed E-state index contributed by atoms with van der Waals surface area (Å²) < 4.78 is 11.3. The zero-order chi connectivity index (χ0) is 23.4. The Kier molecular flexibility index (Phi) is 6.45. The maximum atomic E-state index is 13.5. The second kappa shape index (κ2) is 9.61. The highest BCUT2D eigenvalue weighted by Gasteiger charge is 2.40. The molecule has 33 heavy (non-hydrogen) atoms. The molecule has 0 aromatic heterocycles. The first-order valence-electron chi connectivity index (χ1n) is 10.9. The third kappa shape index (κ3) is 4.46. The number of anilines is 2. The van der Waals surface area contributed by atoms with Gasteiger partial charge in [-0.3, -0.25) is 9.59 Å². The molecule has 1 heterocycles. The van der Waals surface area contributed by atoms with Gasteiger partial charge < -0.3 is 14.8 Å². The van der Waals surface area contributed by atoms with E-state index >= 15 is 0 Å². The van der Waals surface area contributed by atoms with Crippen molar-refractivity contribution in [2.45, 2.75) is 20.8 Å². The maximum absolute atomic E-state index is 13.5. The van der Waals surface area contributed by atoms with Crippen LogP contribution in [0.4, 0.5) is 11.4 Å². The smallest absolute Gasteiger partial charge is 0.282 e. The number of amides is 2. The fraction of sp³-hybridized carbons (Fsp3) is 0.185. The van der Waals surface area contributed by atoms with E-state index in [9.17, 15) is 9.59 Å². The summed E-state index contributed by atoms with van der Waals surface area (Å²) in [7, 11) is 0. The Labute approximate surface area is 193 Å². The van der Waals surface area contributed by atoms with E-state index in [0.717, 1.165) is 5.56 Å². The highest BCUT2D eigenvalue weighted by Crippen LogP contribution is 2.36. The van der Waals surface area contributed by atoms with Crippen molar-refractivity contribution < 1.29 is 19.1 Å². The van der Waals surface area contributed by atoms with Crippen molar-refractivity contribution in [3.05, 3.63) is 89.6 Å². The second-order valence-electron chi connectivity index (χ2n) is 7.55. The van der Waals surface area contributed by atoms with E-state index < -0.39 is 5.91 Å². The van der Waals surface area contributed by atoms with Gasteiger partial charge in [-0.15, -0.1) is 0 Å². The first kappa shape index (κ1) is 22.1. The Hall–Kier alpha value is -4.06. The summed E-state index contributed by atoms with van der Waals surface area (Å²) in [6, 6.07) is 21.9. The Balaban J connectivity index is 1.78. The van der Waals surface area contributed by atoms with Crippen LogP contribution in [0.15, 0.2) is 78.5 Å². The van der Waals surface area contributed by atoms with E-state index in [2.05, 4.69) is 5.32 Å². The Morgan fingerprint density at radius 3 is 2.21 bits per heavy atom. The third-order valence-corrected chi connectivity index (χ3v) is 5.22. The molecule has 0 bridgehead atoms. The van der Waals surface area contributed by atoms with Crippen molar-refractivity contribution in [1.29, 1.82) is 0 Å². The van der Waals surface area contributed by atoms with E-state index in [1.807, 2.05) is 69.3 Å². The zero-order valence-electron chi connectivity index (χ0n) is 18.9. The van der Waals surface area contributed by atoms with Gasteiger partial charge in [0.25, 0.3) is 11.8 Å². The molecule has 0 radical (unpaired) electrons. The summed E-state index contributed by atoms with van der Waals surface area (Å²) in [6.07, 6.45) is 0. The average Bonchev–Trinajstić information content (AvgIpc) is 3.05. The molecule has 6 heteroatoms. The summed E-state index contributed by atoms with van der Waals surface area (Å²) in [5, 5.41) is 3.18. The molecule has 2 amide bonds. The number of hydrogen-bond acceptors (Lipinski definition) is 5. The predicted octanol–water partition coefficient (Wildman–Crippen LogP) is 5.19. The Morgan fingerprint density at radius 1 is 0.788 bits per heavy atom. The number of rotatable bonds is 8. The molecule has 0 aliphatic carbocycles. The minimum absolute atomic E-state index is 0.222. The predicted molar refractivity (Wildman–Crippen MR) is 129 cm³/mol. The number of imide groups is 1. The van der Waals surface area contributed by atoms with E-state index in [0.29, 0.717) is 47.2 Å². The first-order chi connectivity index (χ1) is 16.0. The highest BCUT2D eigenvalue weighted by molar-refractivity contribution is 6.46. The lowest BCUT2D eigenvalue weighted by Gasteiger charge is -2.16. The van der Waals surface area contributed by atoms with Gasteiger partial charge in [-0.2, -0.15) is 0 Å². The van der Waals surface area contributed by atoms with Gasteiger partial charge in [0.1, 0.15) is 5.70 Å². The standard InChI is InChI=1S/C27H26N2O4/c1-4-32-22-15-14-20(17-23(22)33-5-2)28-25-24(19-11-7-6-8-12-19)26(30)29(27(25)31)21-13-9-10-18(3)16-21/h6-17,28H,4-5H2,1-3H3. The number of carbonyl (C=O) groups is 2. The second-order valence-corrected chi connectivity index (χ2v) is 7.55. The van der Waals surface area contributed by atoms with Gasteiger partial charge in [-0.05, 0) is 56.2 Å². The van der Waals surface area contributed by atoms with Crippen molar-refractivity contribution in [2.24, 2.45) is 0 Å². The van der Waals surface area contributed by atoms with Gasteiger partial charge in [-0.25, -0.2) is 4.90 Å². The van der Waals surface area contributed by atoms with Crippen molar-refractivity contribution in [2.75, 3.05) is 23.4 Å². The van der Waals surface area contributed by atoms with Crippen LogP contribution in [0.3, 0.4) is 0 Å². The monoisotopic (exact) mass is 442 g/mol. The number of nitrogens with one attached hydrogen (secondary N) is 1. The first-order valence-corrected chi connectivity index (χ1v) is 10.9. The van der Waals surface area contributed by atoms with Crippen LogP contribution in [-0.2, 0) is 9.59 Å². The molecular weight excluding hydrogens is 416 g/mol. The van der Waals surface area contributed by atoms with Crippen LogP contribution < -0.4 is 19.7 Å². The zero-order valence-corrected chi connectivity index (χ0v) is 18.9. The molecule has 4 rings (SSSR count). The van der Waals surface area contributed by atoms with Crippen molar-refractivity contribution in [3.63, 3.8) is 0 Å². The van der Waals surface area contributed by atoms with E-state index in [4.69, 9.17) is 9.47 Å². The minimum atomic E-state index is -0.406. The Bertz CT molecular complexity index is 1220. The van der Waals surface area contributed by atoms with Crippen molar-refractivity contribution in [3.8, 4) is 11.5 Å². The van der Waals surface area contributed by atoms with Crippen LogP contribution in [0, 0.1) is 6.92 Å². The van der Waals surface area contributed by atoms with Crippen molar-refractivity contribution in [1.82, 2.24) is 0 Å². The number of benzene rings is 3. The maximum Gasteiger partial charge on any atom is 0.282 e. The third-order valence-electron chi connectivity index (χ3n) is 5.22. The van der Waals surface area contributed by atoms with Gasteiger partial charge >= 0.3 is 0 Å². The van der Waals surface area contributed by atoms with Gasteiger partial charge in [-0.1, -0.05) is 42.5 Å². The van der Waals surface area contributed by atoms with E-state index in [1.165, 1.54) is 4.90 Å². The molecule has 6 nitrogen and oxygen atoms in total. The molecule has 1 N–H and O–H groups in total. The molecule has 0 atom stereocenters. The molecule has 168 valence electrons. The number of carbonyl (C=O) groups excluding carboxylic acids is 2. The topological polar surface area (TPSA) is 67.9 Å². The van der Waals surface area contributed by atoms with Crippen molar-refractivity contribution >= 4 is 28.8 Å². The molecule has 1 aliphatic rings. The molecule has 0 saturated carbocycles. The molecule has 0 spiro atoms. The summed E-state index contributed by atoms with van der Waals surface area (Å²) in [6.45, 7) is 6.70. The summed E-state index contributed by atoms with van der Waals surface area (Å²) in [5.74, 6) is 0.419. The largest absolute Gasteiger partial charge is 0.490 e. The summed E-state index contributed by atoms with van der Waals surface area (Å²) in [4.78, 5) is 28.2. The molecule has 0 fully saturated rings. The van der Waals surface area contributed by atoms with Gasteiger partial charge in [0.2, 0.25) is 0 Å². The molecule has 3 aromatic carbocycles. The average molecular weight is 443 g/mol. The van der Waals surface area contributed by atoms with Crippen LogP contribution in [-0.4, -0.2) is 25.0 Å². The lowest BCUT2D eigenvalue weighted by Crippen LogP contribution is -2.32. The lowest BCUT2D eigenvalue weighted by molar-refractivity contribution is -0.120. The van der Waals surface area contributed by atoms with E-state index in [1.54, 1.807) is 24.3 Å². The van der Waals surface area contributed by atoms with Crippen LogP contribution in [0.2, 0.25) is 0 Å². The Morgan fingerprint density at radius 2 is 1.52 bits per heavy atom. The fourth-order valence-electron chi connectivity index (χ4n) is 3.79. The normalized spacial score (nSPS) is 13.5. The molecule has 1 aliphatic heterocycles. The molecular formula is C27H26N2O4. The van der Waals surface area contributed by atoms with Gasteiger partial charge in [0.05, 0.1) is 24.5 Å². The van der Waals surface area contributed by atoms with Crippen LogP contribution in [0.1, 0.15) is 25.0 Å². The summed E-state index contributed by atoms with van der Waals surface area (Å²) >= 11 is 0. The molecule has 3 aromatic rings.